The van der Waals surface area contributed by atoms with E-state index in [0.717, 1.165) is 5.70 Å². The molecule has 0 spiro atoms. The molecule has 0 atom stereocenters. The Hall–Kier alpha value is -1.44. The van der Waals surface area contributed by atoms with Gasteiger partial charge in [-0.1, -0.05) is 32.9 Å². The summed E-state index contributed by atoms with van der Waals surface area (Å²) in [5.74, 6) is 0. The van der Waals surface area contributed by atoms with E-state index in [1.807, 2.05) is 36.4 Å². The molecule has 0 saturated carbocycles. The number of allylic oxidation sites excluding steroid dienone is 4. The minimum Gasteiger partial charge on any atom is -0.403 e. The van der Waals surface area contributed by atoms with E-state index in [9.17, 15) is 0 Å². The SMILES string of the molecule is C/C=C\N1C=CC=C(C(C)(C)C)/C1=C/N. The fraction of sp³-hybridized carbons (Fsp3) is 0.385. The lowest BCUT2D eigenvalue weighted by atomic mass is 9.83. The van der Waals surface area contributed by atoms with Crippen LogP contribution in [-0.4, -0.2) is 4.90 Å². The van der Waals surface area contributed by atoms with Crippen molar-refractivity contribution in [3.05, 3.63) is 48.1 Å². The highest BCUT2D eigenvalue weighted by Gasteiger charge is 2.23. The molecule has 0 aromatic carbocycles. The smallest absolute Gasteiger partial charge is 0.0642 e. The quantitative estimate of drug-likeness (QED) is 0.711. The molecule has 0 fully saturated rings. The Balaban J connectivity index is 3.10. The molecule has 0 unspecified atom stereocenters. The van der Waals surface area contributed by atoms with Crippen molar-refractivity contribution in [1.29, 1.82) is 0 Å². The van der Waals surface area contributed by atoms with Crippen molar-refractivity contribution in [2.45, 2.75) is 27.7 Å². The van der Waals surface area contributed by atoms with E-state index in [1.54, 1.807) is 6.20 Å². The molecule has 2 nitrogen and oxygen atoms in total. The highest BCUT2D eigenvalue weighted by atomic mass is 15.1. The topological polar surface area (TPSA) is 29.3 Å². The van der Waals surface area contributed by atoms with Gasteiger partial charge in [0.05, 0.1) is 5.70 Å². The van der Waals surface area contributed by atoms with Crippen molar-refractivity contribution in [2.24, 2.45) is 11.1 Å². The number of nitrogens with zero attached hydrogens (tertiary/aromatic N) is 1. The van der Waals surface area contributed by atoms with Gasteiger partial charge in [0.25, 0.3) is 0 Å². The first-order chi connectivity index (χ1) is 7.00. The molecule has 1 rings (SSSR count). The Morgan fingerprint density at radius 2 is 2.00 bits per heavy atom. The van der Waals surface area contributed by atoms with Crippen LogP contribution in [0.3, 0.4) is 0 Å². The lowest BCUT2D eigenvalue weighted by Gasteiger charge is -2.32. The summed E-state index contributed by atoms with van der Waals surface area (Å²) in [4.78, 5) is 2.04. The van der Waals surface area contributed by atoms with E-state index in [-0.39, 0.29) is 5.41 Å². The number of hydrogen-bond acceptors (Lipinski definition) is 2. The van der Waals surface area contributed by atoms with Crippen LogP contribution in [0.2, 0.25) is 0 Å². The predicted molar refractivity (Wildman–Crippen MR) is 65.6 cm³/mol. The fourth-order valence-corrected chi connectivity index (χ4v) is 1.64. The zero-order valence-electron chi connectivity index (χ0n) is 9.99. The van der Waals surface area contributed by atoms with Crippen molar-refractivity contribution >= 4 is 0 Å². The standard InChI is InChI=1S/C13H20N2/c1-5-8-15-9-6-7-11(12(15)10-14)13(2,3)4/h5-10H,14H2,1-4H3/b8-5-,12-10-. The van der Waals surface area contributed by atoms with E-state index in [0.29, 0.717) is 0 Å². The van der Waals surface area contributed by atoms with Crippen molar-refractivity contribution in [1.82, 2.24) is 4.90 Å². The summed E-state index contributed by atoms with van der Waals surface area (Å²) < 4.78 is 0. The van der Waals surface area contributed by atoms with Gasteiger partial charge in [0.15, 0.2) is 0 Å². The Labute approximate surface area is 92.5 Å². The van der Waals surface area contributed by atoms with Crippen LogP contribution >= 0.6 is 0 Å². The van der Waals surface area contributed by atoms with E-state index < -0.39 is 0 Å². The summed E-state index contributed by atoms with van der Waals surface area (Å²) in [7, 11) is 0. The molecule has 82 valence electrons. The van der Waals surface area contributed by atoms with Gasteiger partial charge >= 0.3 is 0 Å². The van der Waals surface area contributed by atoms with Crippen LogP contribution in [0.15, 0.2) is 48.1 Å². The van der Waals surface area contributed by atoms with E-state index in [4.69, 9.17) is 5.73 Å². The second kappa shape index (κ2) is 4.39. The monoisotopic (exact) mass is 204 g/mol. The molecule has 1 aliphatic heterocycles. The summed E-state index contributed by atoms with van der Waals surface area (Å²) in [5.41, 5.74) is 8.12. The van der Waals surface area contributed by atoms with Gasteiger partial charge in [0.2, 0.25) is 0 Å². The van der Waals surface area contributed by atoms with Crippen LogP contribution in [-0.2, 0) is 0 Å². The van der Waals surface area contributed by atoms with Crippen molar-refractivity contribution in [3.63, 3.8) is 0 Å². The third-order valence-electron chi connectivity index (χ3n) is 2.34. The number of hydrogen-bond donors (Lipinski definition) is 1. The second-order valence-corrected chi connectivity index (χ2v) is 4.61. The van der Waals surface area contributed by atoms with Gasteiger partial charge in [0, 0.05) is 18.6 Å². The molecule has 2 heteroatoms. The molecule has 0 aliphatic carbocycles. The number of rotatable bonds is 1. The Morgan fingerprint density at radius 3 is 2.47 bits per heavy atom. The molecule has 0 radical (unpaired) electrons. The molecule has 0 bridgehead atoms. The van der Waals surface area contributed by atoms with Crippen molar-refractivity contribution in [3.8, 4) is 0 Å². The molecule has 1 heterocycles. The van der Waals surface area contributed by atoms with Crippen LogP contribution in [0.25, 0.3) is 0 Å². The van der Waals surface area contributed by atoms with Crippen molar-refractivity contribution < 1.29 is 0 Å². The number of nitrogens with two attached hydrogens (primary N) is 1. The van der Waals surface area contributed by atoms with Crippen LogP contribution in [0, 0.1) is 5.41 Å². The van der Waals surface area contributed by atoms with Crippen LogP contribution in [0.5, 0.6) is 0 Å². The second-order valence-electron chi connectivity index (χ2n) is 4.61. The van der Waals surface area contributed by atoms with Crippen LogP contribution in [0.4, 0.5) is 0 Å². The lowest BCUT2D eigenvalue weighted by Crippen LogP contribution is -2.23. The van der Waals surface area contributed by atoms with E-state index in [2.05, 4.69) is 26.8 Å². The maximum Gasteiger partial charge on any atom is 0.0642 e. The molecule has 0 aromatic heterocycles. The normalized spacial score (nSPS) is 20.1. The molecular formula is C13H20N2. The van der Waals surface area contributed by atoms with Gasteiger partial charge in [-0.3, -0.25) is 0 Å². The Kier molecular flexibility index (Phi) is 3.40. The molecule has 0 saturated heterocycles. The van der Waals surface area contributed by atoms with Gasteiger partial charge in [-0.25, -0.2) is 0 Å². The highest BCUT2D eigenvalue weighted by molar-refractivity contribution is 5.41. The van der Waals surface area contributed by atoms with Crippen LogP contribution in [0.1, 0.15) is 27.7 Å². The first kappa shape index (κ1) is 11.6. The highest BCUT2D eigenvalue weighted by Crippen LogP contribution is 2.34. The maximum atomic E-state index is 5.70. The third kappa shape index (κ3) is 2.52. The molecule has 0 aromatic rings. The fourth-order valence-electron chi connectivity index (χ4n) is 1.64. The van der Waals surface area contributed by atoms with E-state index in [1.165, 1.54) is 5.57 Å². The largest absolute Gasteiger partial charge is 0.403 e. The van der Waals surface area contributed by atoms with E-state index >= 15 is 0 Å². The molecule has 2 N–H and O–H groups in total. The lowest BCUT2D eigenvalue weighted by molar-refractivity contribution is 0.473. The first-order valence-electron chi connectivity index (χ1n) is 5.23. The van der Waals surface area contributed by atoms with Gasteiger partial charge in [-0.15, -0.1) is 0 Å². The van der Waals surface area contributed by atoms with Gasteiger partial charge in [0.1, 0.15) is 0 Å². The molecule has 0 amide bonds. The molecular weight excluding hydrogens is 184 g/mol. The summed E-state index contributed by atoms with van der Waals surface area (Å²) >= 11 is 0. The Morgan fingerprint density at radius 1 is 1.33 bits per heavy atom. The summed E-state index contributed by atoms with van der Waals surface area (Å²) in [6.07, 6.45) is 11.9. The minimum absolute atomic E-state index is 0.107. The average Bonchev–Trinajstić information content (AvgIpc) is 2.16. The van der Waals surface area contributed by atoms with Crippen molar-refractivity contribution in [2.75, 3.05) is 0 Å². The molecule has 1 aliphatic rings. The third-order valence-corrected chi connectivity index (χ3v) is 2.34. The van der Waals surface area contributed by atoms with Gasteiger partial charge < -0.3 is 10.6 Å². The van der Waals surface area contributed by atoms with Crippen LogP contribution < -0.4 is 5.73 Å². The first-order valence-corrected chi connectivity index (χ1v) is 5.23. The Bertz CT molecular complexity index is 338. The summed E-state index contributed by atoms with van der Waals surface area (Å²) in [6.45, 7) is 8.57. The maximum absolute atomic E-state index is 5.70. The molecule has 15 heavy (non-hydrogen) atoms. The zero-order chi connectivity index (χ0) is 11.5. The average molecular weight is 204 g/mol. The van der Waals surface area contributed by atoms with Gasteiger partial charge in [-0.2, -0.15) is 0 Å². The summed E-state index contributed by atoms with van der Waals surface area (Å²) in [6, 6.07) is 0. The van der Waals surface area contributed by atoms with Gasteiger partial charge in [-0.05, 0) is 24.0 Å². The predicted octanol–water partition coefficient (Wildman–Crippen LogP) is 3.12. The minimum atomic E-state index is 0.107. The zero-order valence-corrected chi connectivity index (χ0v) is 9.99. The summed E-state index contributed by atoms with van der Waals surface area (Å²) in [5, 5.41) is 0.